The van der Waals surface area contributed by atoms with E-state index >= 15 is 0 Å². The first kappa shape index (κ1) is 25.1. The van der Waals surface area contributed by atoms with Gasteiger partial charge in [-0.25, -0.2) is 4.98 Å². The number of cyclic esters (lactones) is 1. The number of hydrogen-bond donors (Lipinski definition) is 1. The third-order valence-electron chi connectivity index (χ3n) is 6.89. The van der Waals surface area contributed by atoms with Crippen LogP contribution >= 0.6 is 11.3 Å². The van der Waals surface area contributed by atoms with Crippen molar-refractivity contribution in [3.8, 4) is 0 Å². The number of thiazole rings is 1. The second kappa shape index (κ2) is 11.0. The second-order valence-electron chi connectivity index (χ2n) is 9.64. The number of carbonyl (C=O) groups is 2. The molecule has 3 rings (SSSR count). The van der Waals surface area contributed by atoms with Gasteiger partial charge in [0.05, 0.1) is 29.0 Å². The Labute approximate surface area is 195 Å². The lowest BCUT2D eigenvalue weighted by Crippen LogP contribution is -2.34. The van der Waals surface area contributed by atoms with Crippen LogP contribution in [0.25, 0.3) is 6.08 Å². The molecular formula is C25H37NO5S. The summed E-state index contributed by atoms with van der Waals surface area (Å²) >= 11 is 1.59. The molecule has 0 bridgehead atoms. The van der Waals surface area contributed by atoms with Crippen LogP contribution in [0.4, 0.5) is 0 Å². The van der Waals surface area contributed by atoms with Gasteiger partial charge in [0.15, 0.2) is 0 Å². The number of esters is 1. The lowest BCUT2D eigenvalue weighted by atomic mass is 9.82. The van der Waals surface area contributed by atoms with Crippen LogP contribution in [0.3, 0.4) is 0 Å². The second-order valence-corrected chi connectivity index (χ2v) is 10.7. The molecule has 0 spiro atoms. The lowest BCUT2D eigenvalue weighted by Gasteiger charge is -2.26. The molecule has 1 unspecified atom stereocenters. The fourth-order valence-corrected chi connectivity index (χ4v) is 5.14. The molecule has 0 aromatic carbocycles. The van der Waals surface area contributed by atoms with E-state index in [2.05, 4.69) is 4.98 Å². The number of ether oxygens (including phenoxy) is 2. The number of aromatic nitrogens is 1. The summed E-state index contributed by atoms with van der Waals surface area (Å²) in [6.45, 7) is 9.58. The first-order valence-electron chi connectivity index (χ1n) is 11.8. The molecule has 2 fully saturated rings. The molecular weight excluding hydrogens is 426 g/mol. The Hall–Kier alpha value is -1.57. The molecule has 178 valence electrons. The van der Waals surface area contributed by atoms with Crippen molar-refractivity contribution in [1.82, 2.24) is 4.98 Å². The summed E-state index contributed by atoms with van der Waals surface area (Å²) in [6.07, 6.45) is 5.15. The Kier molecular flexibility index (Phi) is 8.64. The van der Waals surface area contributed by atoms with Gasteiger partial charge in [0.1, 0.15) is 11.9 Å². The maximum absolute atomic E-state index is 12.8. The van der Waals surface area contributed by atoms with Crippen molar-refractivity contribution < 1.29 is 24.2 Å². The number of Topliss-reactive ketones (excluding diaryl/α,β-unsaturated/α-hetero) is 1. The van der Waals surface area contributed by atoms with Gasteiger partial charge in [-0.05, 0) is 50.7 Å². The van der Waals surface area contributed by atoms with Crippen LogP contribution < -0.4 is 0 Å². The van der Waals surface area contributed by atoms with Crippen LogP contribution in [0.15, 0.2) is 11.0 Å². The fourth-order valence-electron chi connectivity index (χ4n) is 4.57. The van der Waals surface area contributed by atoms with Crippen LogP contribution in [0.2, 0.25) is 0 Å². The SMILES string of the molecule is C/C(=C\c1csc(C)n1)[C@@H]1C[C@@H]2OC2CCC[C@H](C)[C@H](O)[C@@H](C)C(=O)[C@H](C)CCC(=O)O1. The summed E-state index contributed by atoms with van der Waals surface area (Å²) in [4.78, 5) is 29.9. The van der Waals surface area contributed by atoms with Crippen LogP contribution in [-0.4, -0.2) is 46.3 Å². The highest BCUT2D eigenvalue weighted by Crippen LogP contribution is 2.35. The topological polar surface area (TPSA) is 89.0 Å². The molecule has 2 aliphatic heterocycles. The van der Waals surface area contributed by atoms with Crippen molar-refractivity contribution in [1.29, 1.82) is 0 Å². The Morgan fingerprint density at radius 3 is 2.62 bits per heavy atom. The summed E-state index contributed by atoms with van der Waals surface area (Å²) in [6, 6.07) is 0. The number of fused-ring (bicyclic) bond motifs is 1. The van der Waals surface area contributed by atoms with E-state index in [0.29, 0.717) is 12.8 Å². The normalized spacial score (nSPS) is 35.8. The minimum Gasteiger partial charge on any atom is -0.458 e. The van der Waals surface area contributed by atoms with Gasteiger partial charge in [-0.15, -0.1) is 11.3 Å². The van der Waals surface area contributed by atoms with Crippen LogP contribution in [0, 0.1) is 24.7 Å². The molecule has 6 nitrogen and oxygen atoms in total. The monoisotopic (exact) mass is 463 g/mol. The Bertz CT molecular complexity index is 834. The van der Waals surface area contributed by atoms with E-state index in [9.17, 15) is 14.7 Å². The molecule has 7 atom stereocenters. The highest BCUT2D eigenvalue weighted by molar-refractivity contribution is 7.09. The number of aliphatic hydroxyl groups excluding tert-OH is 1. The Balaban J connectivity index is 1.73. The van der Waals surface area contributed by atoms with Gasteiger partial charge < -0.3 is 14.6 Å². The predicted molar refractivity (Wildman–Crippen MR) is 125 cm³/mol. The summed E-state index contributed by atoms with van der Waals surface area (Å²) in [5, 5.41) is 13.6. The quantitative estimate of drug-likeness (QED) is 0.504. The van der Waals surface area contributed by atoms with E-state index in [0.717, 1.165) is 35.5 Å². The minimum atomic E-state index is -0.660. The number of rotatable bonds is 2. The van der Waals surface area contributed by atoms with Gasteiger partial charge in [0.2, 0.25) is 0 Å². The van der Waals surface area contributed by atoms with E-state index in [1.165, 1.54) is 0 Å². The van der Waals surface area contributed by atoms with E-state index in [-0.39, 0.29) is 48.3 Å². The summed E-state index contributed by atoms with van der Waals surface area (Å²) < 4.78 is 11.7. The van der Waals surface area contributed by atoms with Gasteiger partial charge in [-0.2, -0.15) is 0 Å². The fraction of sp³-hybridized carbons (Fsp3) is 0.720. The van der Waals surface area contributed by atoms with E-state index in [1.54, 1.807) is 18.3 Å². The lowest BCUT2D eigenvalue weighted by molar-refractivity contribution is -0.148. The maximum Gasteiger partial charge on any atom is 0.306 e. The number of hydrogen-bond acceptors (Lipinski definition) is 7. The number of nitrogens with zero attached hydrogens (tertiary/aromatic N) is 1. The number of ketones is 1. The minimum absolute atomic E-state index is 0.0152. The average Bonchev–Trinajstić information content (AvgIpc) is 3.37. The Morgan fingerprint density at radius 2 is 1.94 bits per heavy atom. The van der Waals surface area contributed by atoms with Gasteiger partial charge >= 0.3 is 5.97 Å². The highest BCUT2D eigenvalue weighted by Gasteiger charge is 2.41. The zero-order chi connectivity index (χ0) is 23.4. The van der Waals surface area contributed by atoms with Gasteiger partial charge in [-0.3, -0.25) is 9.59 Å². The molecule has 0 saturated carbocycles. The molecule has 3 heterocycles. The van der Waals surface area contributed by atoms with Gasteiger partial charge in [0, 0.05) is 30.1 Å². The smallest absolute Gasteiger partial charge is 0.306 e. The average molecular weight is 464 g/mol. The number of carbonyl (C=O) groups excluding carboxylic acids is 2. The first-order valence-corrected chi connectivity index (χ1v) is 12.7. The molecule has 32 heavy (non-hydrogen) atoms. The Morgan fingerprint density at radius 1 is 1.19 bits per heavy atom. The standard InChI is InChI=1S/C25H37NO5S/c1-14-7-6-8-20-22(30-20)12-21(16(3)11-19-13-32-18(5)26-19)31-23(27)10-9-15(2)25(29)17(4)24(14)28/h11,13-15,17,20-22,24,28H,6-10,12H2,1-5H3/b16-11+/t14-,15+,17+,20?,21-,22-,24-/m0/s1. The van der Waals surface area contributed by atoms with Crippen molar-refractivity contribution in [2.45, 2.75) is 97.6 Å². The van der Waals surface area contributed by atoms with Crippen molar-refractivity contribution >= 4 is 29.2 Å². The molecule has 1 aromatic heterocycles. The van der Waals surface area contributed by atoms with Crippen molar-refractivity contribution in [2.24, 2.45) is 17.8 Å². The summed E-state index contributed by atoms with van der Waals surface area (Å²) in [5.41, 5.74) is 1.83. The van der Waals surface area contributed by atoms with E-state index in [4.69, 9.17) is 9.47 Å². The maximum atomic E-state index is 12.8. The summed E-state index contributed by atoms with van der Waals surface area (Å²) in [7, 11) is 0. The number of aryl methyl sites for hydroxylation is 1. The van der Waals surface area contributed by atoms with Crippen LogP contribution in [0.1, 0.15) is 76.9 Å². The third kappa shape index (κ3) is 6.72. The van der Waals surface area contributed by atoms with Crippen LogP contribution in [0.5, 0.6) is 0 Å². The van der Waals surface area contributed by atoms with Crippen molar-refractivity contribution in [2.75, 3.05) is 0 Å². The van der Waals surface area contributed by atoms with E-state index < -0.39 is 12.0 Å². The molecule has 1 N–H and O–H groups in total. The third-order valence-corrected chi connectivity index (χ3v) is 7.68. The molecule has 2 saturated heterocycles. The molecule has 0 aliphatic carbocycles. The van der Waals surface area contributed by atoms with Crippen molar-refractivity contribution in [3.05, 3.63) is 21.7 Å². The largest absolute Gasteiger partial charge is 0.458 e. The number of aliphatic hydroxyl groups is 1. The highest BCUT2D eigenvalue weighted by atomic mass is 32.1. The zero-order valence-corrected chi connectivity index (χ0v) is 20.7. The first-order chi connectivity index (χ1) is 15.2. The molecule has 0 amide bonds. The molecule has 0 radical (unpaired) electrons. The molecule has 7 heteroatoms. The van der Waals surface area contributed by atoms with Crippen molar-refractivity contribution in [3.63, 3.8) is 0 Å². The molecule has 1 aromatic rings. The zero-order valence-electron chi connectivity index (χ0n) is 19.9. The van der Waals surface area contributed by atoms with Crippen LogP contribution in [-0.2, 0) is 19.1 Å². The predicted octanol–water partition coefficient (Wildman–Crippen LogP) is 4.73. The van der Waals surface area contributed by atoms with E-state index in [1.807, 2.05) is 39.2 Å². The number of epoxide rings is 1. The molecule has 2 aliphatic rings. The summed E-state index contributed by atoms with van der Waals surface area (Å²) in [5.74, 6) is -0.968. The van der Waals surface area contributed by atoms with Gasteiger partial charge in [-0.1, -0.05) is 27.2 Å². The van der Waals surface area contributed by atoms with Gasteiger partial charge in [0.25, 0.3) is 0 Å².